The number of nitrogens with zero attached hydrogens (tertiary/aromatic N) is 5. The SMILES string of the molecule is CCn1cnc2cc(-c3ccc4c(c3)N(C3CC(N5CC(C)(C)C5)C3)C(=O)C4(C)C)nc(Cl)c21. The van der Waals surface area contributed by atoms with Crippen molar-refractivity contribution in [2.45, 2.75) is 71.5 Å². The number of hydrogen-bond acceptors (Lipinski definition) is 4. The Morgan fingerprint density at radius 2 is 1.82 bits per heavy atom. The van der Waals surface area contributed by atoms with Crippen LogP contribution in [0.1, 0.15) is 53.0 Å². The first-order valence-corrected chi connectivity index (χ1v) is 12.7. The van der Waals surface area contributed by atoms with Crippen molar-refractivity contribution in [3.8, 4) is 11.3 Å². The number of likely N-dealkylation sites (tertiary alicyclic amines) is 1. The summed E-state index contributed by atoms with van der Waals surface area (Å²) in [6.07, 6.45) is 3.90. The van der Waals surface area contributed by atoms with Crippen LogP contribution in [-0.2, 0) is 16.8 Å². The van der Waals surface area contributed by atoms with Crippen molar-refractivity contribution in [3.63, 3.8) is 0 Å². The first-order chi connectivity index (χ1) is 16.1. The topological polar surface area (TPSA) is 54.3 Å². The largest absolute Gasteiger partial charge is 0.328 e. The maximum absolute atomic E-state index is 13.6. The van der Waals surface area contributed by atoms with Gasteiger partial charge in [-0.25, -0.2) is 9.97 Å². The van der Waals surface area contributed by atoms with Gasteiger partial charge >= 0.3 is 0 Å². The Bertz CT molecular complexity index is 1310. The van der Waals surface area contributed by atoms with Crippen LogP contribution in [0.3, 0.4) is 0 Å². The summed E-state index contributed by atoms with van der Waals surface area (Å²) in [6, 6.07) is 9.13. The van der Waals surface area contributed by atoms with Crippen molar-refractivity contribution < 1.29 is 4.79 Å². The number of carbonyl (C=O) groups excluding carboxylic acids is 1. The van der Waals surface area contributed by atoms with Gasteiger partial charge in [-0.3, -0.25) is 9.69 Å². The maximum atomic E-state index is 13.6. The van der Waals surface area contributed by atoms with Gasteiger partial charge in [0.15, 0.2) is 5.15 Å². The molecule has 0 N–H and O–H groups in total. The molecule has 3 aromatic rings. The lowest BCUT2D eigenvalue weighted by Crippen LogP contribution is -2.64. The molecule has 2 aromatic heterocycles. The van der Waals surface area contributed by atoms with E-state index in [4.69, 9.17) is 16.6 Å². The summed E-state index contributed by atoms with van der Waals surface area (Å²) in [5, 5.41) is 0.458. The van der Waals surface area contributed by atoms with E-state index in [2.05, 4.69) is 53.8 Å². The van der Waals surface area contributed by atoms with E-state index in [0.717, 1.165) is 66.0 Å². The third-order valence-corrected chi connectivity index (χ3v) is 8.37. The molecule has 0 bridgehead atoms. The highest BCUT2D eigenvalue weighted by Crippen LogP contribution is 2.48. The van der Waals surface area contributed by atoms with Gasteiger partial charge in [0.1, 0.15) is 5.52 Å². The summed E-state index contributed by atoms with van der Waals surface area (Å²) in [5.74, 6) is 0.204. The smallest absolute Gasteiger partial charge is 0.237 e. The molecular formula is C27H32ClN5O. The number of carbonyl (C=O) groups is 1. The van der Waals surface area contributed by atoms with Crippen LogP contribution in [0, 0.1) is 5.41 Å². The zero-order valence-corrected chi connectivity index (χ0v) is 21.4. The number of benzene rings is 1. The molecule has 6 rings (SSSR count). The van der Waals surface area contributed by atoms with Gasteiger partial charge in [-0.15, -0.1) is 0 Å². The van der Waals surface area contributed by atoms with Crippen LogP contribution in [-0.4, -0.2) is 50.5 Å². The van der Waals surface area contributed by atoms with Crippen molar-refractivity contribution in [2.24, 2.45) is 5.41 Å². The summed E-state index contributed by atoms with van der Waals surface area (Å²) in [6.45, 7) is 13.9. The van der Waals surface area contributed by atoms with E-state index >= 15 is 0 Å². The Morgan fingerprint density at radius 3 is 2.50 bits per heavy atom. The van der Waals surface area contributed by atoms with E-state index in [9.17, 15) is 4.79 Å². The normalized spacial score (nSPS) is 25.4. The molecule has 1 saturated heterocycles. The molecule has 2 aliphatic heterocycles. The van der Waals surface area contributed by atoms with Crippen molar-refractivity contribution in [3.05, 3.63) is 41.3 Å². The van der Waals surface area contributed by atoms with Crippen LogP contribution in [0.15, 0.2) is 30.6 Å². The quantitative estimate of drug-likeness (QED) is 0.480. The third-order valence-electron chi connectivity index (χ3n) is 8.11. The maximum Gasteiger partial charge on any atom is 0.237 e. The lowest BCUT2D eigenvalue weighted by molar-refractivity contribution is -0.123. The fraction of sp³-hybridized carbons (Fsp3) is 0.519. The summed E-state index contributed by atoms with van der Waals surface area (Å²) in [7, 11) is 0. The summed E-state index contributed by atoms with van der Waals surface area (Å²) in [4.78, 5) is 27.4. The van der Waals surface area contributed by atoms with Crippen LogP contribution in [0.25, 0.3) is 22.3 Å². The zero-order chi connectivity index (χ0) is 24.0. The first kappa shape index (κ1) is 22.1. The van der Waals surface area contributed by atoms with Gasteiger partial charge in [-0.05, 0) is 56.7 Å². The Kier molecular flexibility index (Phi) is 4.72. The van der Waals surface area contributed by atoms with Crippen molar-refractivity contribution in [1.29, 1.82) is 0 Å². The third kappa shape index (κ3) is 3.14. The predicted molar refractivity (Wildman–Crippen MR) is 136 cm³/mol. The molecule has 3 aliphatic rings. The van der Waals surface area contributed by atoms with Crippen LogP contribution in [0.2, 0.25) is 5.15 Å². The average Bonchev–Trinajstić information content (AvgIpc) is 3.24. The number of fused-ring (bicyclic) bond motifs is 2. The fourth-order valence-electron chi connectivity index (χ4n) is 6.12. The number of imidazole rings is 1. The van der Waals surface area contributed by atoms with Gasteiger partial charge in [0.05, 0.1) is 23.0 Å². The standard InChI is InChI=1S/C27H32ClN5O/c1-6-31-15-29-21-12-20(30-24(28)23(21)31)16-7-8-19-22(9-16)33(25(34)27(19,4)5)18-10-17(11-18)32-13-26(2,3)14-32/h7-9,12,15,17-18H,6,10-11,13-14H2,1-5H3. The molecule has 6 nitrogen and oxygen atoms in total. The molecule has 2 fully saturated rings. The van der Waals surface area contributed by atoms with Crippen LogP contribution >= 0.6 is 11.6 Å². The number of rotatable bonds is 4. The molecule has 34 heavy (non-hydrogen) atoms. The predicted octanol–water partition coefficient (Wildman–Crippen LogP) is 5.27. The second-order valence-corrected chi connectivity index (χ2v) is 11.9. The highest BCUT2D eigenvalue weighted by Gasteiger charge is 2.51. The van der Waals surface area contributed by atoms with E-state index in [0.29, 0.717) is 16.6 Å². The lowest BCUT2D eigenvalue weighted by Gasteiger charge is -2.55. The fourth-order valence-corrected chi connectivity index (χ4v) is 6.42. The Balaban J connectivity index is 1.33. The molecule has 1 aromatic carbocycles. The molecule has 0 unspecified atom stereocenters. The van der Waals surface area contributed by atoms with E-state index in [1.807, 2.05) is 24.5 Å². The highest BCUT2D eigenvalue weighted by molar-refractivity contribution is 6.33. The molecule has 178 valence electrons. The van der Waals surface area contributed by atoms with E-state index in [1.54, 1.807) is 6.33 Å². The molecular weight excluding hydrogens is 446 g/mol. The summed E-state index contributed by atoms with van der Waals surface area (Å²) < 4.78 is 2.01. The lowest BCUT2D eigenvalue weighted by atomic mass is 9.76. The van der Waals surface area contributed by atoms with Gasteiger partial charge in [0.2, 0.25) is 5.91 Å². The monoisotopic (exact) mass is 477 g/mol. The second kappa shape index (κ2) is 7.28. The number of anilines is 1. The van der Waals surface area contributed by atoms with Crippen LogP contribution in [0.5, 0.6) is 0 Å². The minimum Gasteiger partial charge on any atom is -0.328 e. The molecule has 7 heteroatoms. The molecule has 1 saturated carbocycles. The number of aromatic nitrogens is 3. The zero-order valence-electron chi connectivity index (χ0n) is 20.6. The van der Waals surface area contributed by atoms with E-state index in [1.165, 1.54) is 0 Å². The molecule has 1 aliphatic carbocycles. The van der Waals surface area contributed by atoms with Crippen molar-refractivity contribution >= 4 is 34.2 Å². The number of pyridine rings is 1. The Morgan fingerprint density at radius 1 is 1.09 bits per heavy atom. The number of amides is 1. The van der Waals surface area contributed by atoms with Crippen LogP contribution in [0.4, 0.5) is 5.69 Å². The average molecular weight is 478 g/mol. The Labute approximate surface area is 205 Å². The number of aryl methyl sites for hydroxylation is 1. The minimum absolute atomic E-state index is 0.204. The highest BCUT2D eigenvalue weighted by atomic mass is 35.5. The Hall–Kier alpha value is -2.44. The van der Waals surface area contributed by atoms with Gasteiger partial charge in [0.25, 0.3) is 0 Å². The summed E-state index contributed by atoms with van der Waals surface area (Å²) >= 11 is 6.58. The number of hydrogen-bond donors (Lipinski definition) is 0. The van der Waals surface area contributed by atoms with Crippen molar-refractivity contribution in [2.75, 3.05) is 18.0 Å². The van der Waals surface area contributed by atoms with Gasteiger partial charge < -0.3 is 9.47 Å². The first-order valence-electron chi connectivity index (χ1n) is 12.3. The molecule has 1 amide bonds. The molecule has 0 radical (unpaired) electrons. The van der Waals surface area contributed by atoms with Crippen LogP contribution < -0.4 is 4.90 Å². The molecule has 0 atom stereocenters. The molecule has 0 spiro atoms. The van der Waals surface area contributed by atoms with Crippen molar-refractivity contribution in [1.82, 2.24) is 19.4 Å². The van der Waals surface area contributed by atoms with E-state index in [-0.39, 0.29) is 11.9 Å². The molecule has 4 heterocycles. The van der Waals surface area contributed by atoms with Gasteiger partial charge in [-0.1, -0.05) is 37.6 Å². The number of halogens is 1. The second-order valence-electron chi connectivity index (χ2n) is 11.6. The van der Waals surface area contributed by atoms with Gasteiger partial charge in [0, 0.05) is 43.0 Å². The summed E-state index contributed by atoms with van der Waals surface area (Å²) in [5.41, 5.74) is 5.48. The van der Waals surface area contributed by atoms with Gasteiger partial charge in [-0.2, -0.15) is 0 Å². The minimum atomic E-state index is -0.521. The van der Waals surface area contributed by atoms with E-state index < -0.39 is 5.41 Å².